The fourth-order valence-electron chi connectivity index (χ4n) is 3.37. The Kier molecular flexibility index (Phi) is 6.61. The van der Waals surface area contributed by atoms with Crippen LogP contribution in [-0.4, -0.2) is 58.3 Å². The van der Waals surface area contributed by atoms with Gasteiger partial charge >= 0.3 is 0 Å². The van der Waals surface area contributed by atoms with Crippen molar-refractivity contribution in [3.8, 4) is 0 Å². The number of benzene rings is 2. The smallest absolute Gasteiger partial charge is 0.277 e. The molecule has 29 heavy (non-hydrogen) atoms. The molecule has 4 N–H and O–H groups in total. The normalized spacial score (nSPS) is 25.0. The molecule has 1 unspecified atom stereocenters. The highest BCUT2D eigenvalue weighted by molar-refractivity contribution is 5.93. The summed E-state index contributed by atoms with van der Waals surface area (Å²) < 4.78 is 18.6. The summed E-state index contributed by atoms with van der Waals surface area (Å²) in [5, 5.41) is 34.5. The minimum absolute atomic E-state index is 0.112. The predicted molar refractivity (Wildman–Crippen MR) is 102 cm³/mol. The van der Waals surface area contributed by atoms with Gasteiger partial charge in [0.2, 0.25) is 0 Å². The van der Waals surface area contributed by atoms with Crippen LogP contribution in [-0.2, 0) is 4.74 Å². The number of hydrogen-bond acceptors (Lipinski definition) is 6. The first-order valence-electron chi connectivity index (χ1n) is 9.32. The molecule has 0 aromatic heterocycles. The lowest BCUT2D eigenvalue weighted by Gasteiger charge is -2.31. The van der Waals surface area contributed by atoms with Crippen LogP contribution in [0.5, 0.6) is 0 Å². The number of hydroxylamine groups is 2. The van der Waals surface area contributed by atoms with Crippen molar-refractivity contribution in [2.75, 3.05) is 19.7 Å². The third kappa shape index (κ3) is 4.98. The molecule has 0 radical (unpaired) electrons. The van der Waals surface area contributed by atoms with E-state index in [1.165, 1.54) is 24.3 Å². The van der Waals surface area contributed by atoms with Crippen LogP contribution in [0.15, 0.2) is 54.6 Å². The highest BCUT2D eigenvalue weighted by Crippen LogP contribution is 2.33. The van der Waals surface area contributed by atoms with Gasteiger partial charge in [0.05, 0.1) is 25.4 Å². The highest BCUT2D eigenvalue weighted by atomic mass is 19.1. The summed E-state index contributed by atoms with van der Waals surface area (Å²) in [6.45, 7) is 1.87. The van der Waals surface area contributed by atoms with Gasteiger partial charge < -0.3 is 14.9 Å². The lowest BCUT2D eigenvalue weighted by Crippen LogP contribution is -2.47. The second-order valence-corrected chi connectivity index (χ2v) is 7.54. The van der Waals surface area contributed by atoms with Crippen molar-refractivity contribution in [3.05, 3.63) is 71.5 Å². The number of nitrogens with one attached hydrogen (secondary N) is 1. The number of nitrogens with zero attached hydrogens (tertiary/aromatic N) is 1. The topological polar surface area (TPSA) is 102 Å². The first-order valence-corrected chi connectivity index (χ1v) is 9.32. The zero-order valence-corrected chi connectivity index (χ0v) is 16.0. The fraction of sp³-hybridized carbons (Fsp3) is 0.381. The van der Waals surface area contributed by atoms with Gasteiger partial charge in [-0.1, -0.05) is 37.3 Å². The minimum Gasteiger partial charge on any atom is -0.390 e. The Morgan fingerprint density at radius 1 is 1.28 bits per heavy atom. The molecule has 7 nitrogen and oxygen atoms in total. The van der Waals surface area contributed by atoms with E-state index in [2.05, 4.69) is 5.32 Å². The molecule has 0 bridgehead atoms. The average molecular weight is 404 g/mol. The van der Waals surface area contributed by atoms with E-state index in [0.717, 1.165) is 0 Å². The fourth-order valence-corrected chi connectivity index (χ4v) is 3.37. The number of aliphatic hydroxyl groups is 2. The summed E-state index contributed by atoms with van der Waals surface area (Å²) in [4.78, 5) is 12.3. The van der Waals surface area contributed by atoms with Gasteiger partial charge in [0, 0.05) is 17.5 Å². The number of aliphatic hydroxyl groups excluding tert-OH is 2. The maximum Gasteiger partial charge on any atom is 0.277 e. The molecular weight excluding hydrogens is 379 g/mol. The van der Waals surface area contributed by atoms with Gasteiger partial charge in [-0.2, -0.15) is 0 Å². The van der Waals surface area contributed by atoms with Crippen molar-refractivity contribution < 1.29 is 29.3 Å². The molecule has 4 atom stereocenters. The van der Waals surface area contributed by atoms with E-state index in [4.69, 9.17) is 4.74 Å². The van der Waals surface area contributed by atoms with Gasteiger partial charge in [-0.15, -0.1) is 0 Å². The second-order valence-electron chi connectivity index (χ2n) is 7.54. The molecule has 2 aromatic rings. The highest BCUT2D eigenvalue weighted by Gasteiger charge is 2.47. The number of halogens is 1. The molecule has 1 aliphatic rings. The molecule has 1 amide bonds. The third-order valence-electron chi connectivity index (χ3n) is 5.16. The molecule has 156 valence electrons. The van der Waals surface area contributed by atoms with E-state index in [1.54, 1.807) is 37.3 Å². The molecule has 0 spiro atoms. The minimum atomic E-state index is -1.05. The van der Waals surface area contributed by atoms with Crippen LogP contribution < -0.4 is 5.32 Å². The molecule has 2 aromatic carbocycles. The van der Waals surface area contributed by atoms with Gasteiger partial charge in [-0.3, -0.25) is 15.3 Å². The summed E-state index contributed by atoms with van der Waals surface area (Å²) in [7, 11) is 0. The molecule has 8 heteroatoms. The molecule has 1 aliphatic heterocycles. The largest absolute Gasteiger partial charge is 0.390 e. The van der Waals surface area contributed by atoms with Crippen molar-refractivity contribution in [2.45, 2.75) is 25.4 Å². The van der Waals surface area contributed by atoms with Gasteiger partial charge in [-0.25, -0.2) is 9.45 Å². The molecule has 1 saturated heterocycles. The van der Waals surface area contributed by atoms with Crippen LogP contribution in [0.4, 0.5) is 4.39 Å². The van der Waals surface area contributed by atoms with Crippen molar-refractivity contribution in [1.29, 1.82) is 0 Å². The summed E-state index contributed by atoms with van der Waals surface area (Å²) in [6, 6.07) is 13.8. The van der Waals surface area contributed by atoms with Crippen molar-refractivity contribution in [3.63, 3.8) is 0 Å². The standard InChI is InChI=1S/C21H25FN2O5/c1-21(12-24(28)20(27)15-5-3-2-4-6-15)13-29-17(18(21)25)11-23-19(26)14-7-9-16(22)10-8-14/h2-10,17-19,23,25-26,28H,11-13H2,1H3/t17-,18-,19?,21-/m1/s1. The third-order valence-corrected chi connectivity index (χ3v) is 5.16. The van der Waals surface area contributed by atoms with Gasteiger partial charge in [0.15, 0.2) is 0 Å². The number of ether oxygens (including phenoxy) is 1. The van der Waals surface area contributed by atoms with Crippen LogP contribution in [0.3, 0.4) is 0 Å². The molecule has 3 rings (SSSR count). The Morgan fingerprint density at radius 2 is 1.93 bits per heavy atom. The summed E-state index contributed by atoms with van der Waals surface area (Å²) in [5.74, 6) is -0.961. The Morgan fingerprint density at radius 3 is 2.59 bits per heavy atom. The molecule has 1 fully saturated rings. The monoisotopic (exact) mass is 404 g/mol. The Bertz CT molecular complexity index is 820. The maximum absolute atomic E-state index is 13.0. The number of carbonyl (C=O) groups excluding carboxylic acids is 1. The molecule has 0 saturated carbocycles. The molecular formula is C21H25FN2O5. The van der Waals surface area contributed by atoms with Gasteiger partial charge in [0.25, 0.3) is 5.91 Å². The first kappa shape index (κ1) is 21.4. The maximum atomic E-state index is 13.0. The van der Waals surface area contributed by atoms with Crippen molar-refractivity contribution in [1.82, 2.24) is 10.4 Å². The number of rotatable bonds is 7. The Balaban J connectivity index is 1.55. The van der Waals surface area contributed by atoms with E-state index in [1.807, 2.05) is 0 Å². The van der Waals surface area contributed by atoms with Crippen LogP contribution >= 0.6 is 0 Å². The molecule has 1 heterocycles. The average Bonchev–Trinajstić information content (AvgIpc) is 3.00. The van der Waals surface area contributed by atoms with Crippen molar-refractivity contribution >= 4 is 5.91 Å². The van der Waals surface area contributed by atoms with Gasteiger partial charge in [-0.05, 0) is 29.8 Å². The van der Waals surface area contributed by atoms with Crippen LogP contribution in [0, 0.1) is 11.2 Å². The van der Waals surface area contributed by atoms with Crippen LogP contribution in [0.1, 0.15) is 29.1 Å². The summed E-state index contributed by atoms with van der Waals surface area (Å²) in [6.07, 6.45) is -2.67. The zero-order valence-electron chi connectivity index (χ0n) is 16.0. The van der Waals surface area contributed by atoms with E-state index in [9.17, 15) is 24.6 Å². The number of carbonyl (C=O) groups is 1. The van der Waals surface area contributed by atoms with E-state index >= 15 is 0 Å². The quantitative estimate of drug-likeness (QED) is 0.318. The lowest BCUT2D eigenvalue weighted by atomic mass is 9.84. The second kappa shape index (κ2) is 8.98. The number of amides is 1. The Hall–Kier alpha value is -2.36. The van der Waals surface area contributed by atoms with Crippen LogP contribution in [0.25, 0.3) is 0 Å². The SMILES string of the molecule is C[C@@]1(CN(O)C(=O)c2ccccc2)CO[C@H](CNC(O)c2ccc(F)cc2)[C@H]1O. The summed E-state index contributed by atoms with van der Waals surface area (Å²) >= 11 is 0. The predicted octanol–water partition coefficient (Wildman–Crippen LogP) is 1.70. The summed E-state index contributed by atoms with van der Waals surface area (Å²) in [5.41, 5.74) is -0.0592. The van der Waals surface area contributed by atoms with Gasteiger partial charge in [0.1, 0.15) is 12.0 Å². The van der Waals surface area contributed by atoms with Crippen LogP contribution in [0.2, 0.25) is 0 Å². The first-order chi connectivity index (χ1) is 13.8. The zero-order chi connectivity index (χ0) is 21.0. The Labute approximate surface area is 168 Å². The number of hydrogen-bond donors (Lipinski definition) is 4. The van der Waals surface area contributed by atoms with E-state index in [-0.39, 0.29) is 19.7 Å². The lowest BCUT2D eigenvalue weighted by molar-refractivity contribution is -0.0941. The molecule has 0 aliphatic carbocycles. The van der Waals surface area contributed by atoms with E-state index < -0.39 is 35.6 Å². The van der Waals surface area contributed by atoms with E-state index in [0.29, 0.717) is 16.2 Å². The van der Waals surface area contributed by atoms with Crippen molar-refractivity contribution in [2.24, 2.45) is 5.41 Å².